The second-order valence-corrected chi connectivity index (χ2v) is 7.26. The van der Waals surface area contributed by atoms with Crippen molar-refractivity contribution in [1.82, 2.24) is 15.1 Å². The number of amides is 2. The van der Waals surface area contributed by atoms with Crippen molar-refractivity contribution in [1.29, 1.82) is 0 Å². The number of nitrogens with zero attached hydrogens (tertiary/aromatic N) is 2. The van der Waals surface area contributed by atoms with Crippen LogP contribution in [0.25, 0.3) is 0 Å². The molecule has 0 spiro atoms. The van der Waals surface area contributed by atoms with Gasteiger partial charge in [-0.05, 0) is 45.3 Å². The van der Waals surface area contributed by atoms with Gasteiger partial charge in [-0.1, -0.05) is 20.8 Å². The van der Waals surface area contributed by atoms with E-state index in [9.17, 15) is 9.59 Å². The summed E-state index contributed by atoms with van der Waals surface area (Å²) in [4.78, 5) is 29.1. The number of piperidine rings is 1. The molecule has 5 nitrogen and oxygen atoms in total. The minimum atomic E-state index is -0.411. The van der Waals surface area contributed by atoms with E-state index in [2.05, 4.69) is 17.3 Å². The van der Waals surface area contributed by atoms with Crippen LogP contribution in [0, 0.1) is 5.41 Å². The Labute approximate surface area is 121 Å². The van der Waals surface area contributed by atoms with E-state index in [4.69, 9.17) is 0 Å². The van der Waals surface area contributed by atoms with Crippen LogP contribution in [0.2, 0.25) is 0 Å². The topological polar surface area (TPSA) is 52.7 Å². The normalized spacial score (nSPS) is 30.6. The monoisotopic (exact) mass is 281 g/mol. The van der Waals surface area contributed by atoms with E-state index >= 15 is 0 Å². The Morgan fingerprint density at radius 1 is 1.15 bits per heavy atom. The van der Waals surface area contributed by atoms with Crippen molar-refractivity contribution in [3.63, 3.8) is 0 Å². The fourth-order valence-corrected chi connectivity index (χ4v) is 3.15. The van der Waals surface area contributed by atoms with Gasteiger partial charge < -0.3 is 15.1 Å². The number of hydrogen-bond donors (Lipinski definition) is 1. The van der Waals surface area contributed by atoms with Crippen molar-refractivity contribution in [2.45, 2.75) is 58.7 Å². The molecule has 2 aliphatic heterocycles. The van der Waals surface area contributed by atoms with Crippen LogP contribution in [0.4, 0.5) is 0 Å². The Hall–Kier alpha value is -1.10. The smallest absolute Gasteiger partial charge is 0.246 e. The minimum Gasteiger partial charge on any atom is -0.342 e. The molecule has 0 aromatic rings. The summed E-state index contributed by atoms with van der Waals surface area (Å²) in [6, 6.07) is -0.565. The first-order valence-corrected chi connectivity index (χ1v) is 7.53. The molecule has 0 aromatic carbocycles. The van der Waals surface area contributed by atoms with Crippen molar-refractivity contribution in [2.24, 2.45) is 5.41 Å². The maximum Gasteiger partial charge on any atom is 0.246 e. The average molecular weight is 281 g/mol. The van der Waals surface area contributed by atoms with Gasteiger partial charge >= 0.3 is 0 Å². The predicted octanol–water partition coefficient (Wildman–Crippen LogP) is 0.842. The van der Waals surface area contributed by atoms with Gasteiger partial charge in [-0.25, -0.2) is 0 Å². The molecule has 0 aliphatic carbocycles. The Kier molecular flexibility index (Phi) is 4.09. The molecule has 2 aliphatic rings. The number of piperazine rings is 1. The third-order valence-electron chi connectivity index (χ3n) is 4.53. The summed E-state index contributed by atoms with van der Waals surface area (Å²) in [6.07, 6.45) is 1.91. The molecule has 5 heteroatoms. The van der Waals surface area contributed by atoms with Crippen LogP contribution in [0.3, 0.4) is 0 Å². The summed E-state index contributed by atoms with van der Waals surface area (Å²) >= 11 is 0. The molecule has 114 valence electrons. The molecule has 0 radical (unpaired) electrons. The maximum atomic E-state index is 12.8. The van der Waals surface area contributed by atoms with Crippen molar-refractivity contribution in [2.75, 3.05) is 20.1 Å². The number of carbonyl (C=O) groups is 2. The standard InChI is InChI=1S/C15H27N3O2/c1-10-13(19)16-12(15(2,3)4)14(20)18(10)11-6-8-17(5)9-7-11/h10-12H,6-9H2,1-5H3,(H,16,19). The van der Waals surface area contributed by atoms with Gasteiger partial charge in [0.1, 0.15) is 12.1 Å². The Bertz CT molecular complexity index is 394. The summed E-state index contributed by atoms with van der Waals surface area (Å²) in [6.45, 7) is 9.81. The highest BCUT2D eigenvalue weighted by molar-refractivity contribution is 5.97. The number of hydrogen-bond acceptors (Lipinski definition) is 3. The molecule has 0 bridgehead atoms. The van der Waals surface area contributed by atoms with Crippen LogP contribution >= 0.6 is 0 Å². The van der Waals surface area contributed by atoms with Crippen molar-refractivity contribution in [3.05, 3.63) is 0 Å². The molecular weight excluding hydrogens is 254 g/mol. The van der Waals surface area contributed by atoms with Crippen molar-refractivity contribution >= 4 is 11.8 Å². The predicted molar refractivity (Wildman–Crippen MR) is 78.2 cm³/mol. The highest BCUT2D eigenvalue weighted by Gasteiger charge is 2.46. The molecule has 2 atom stereocenters. The lowest BCUT2D eigenvalue weighted by Crippen LogP contribution is -2.68. The third kappa shape index (κ3) is 2.82. The lowest BCUT2D eigenvalue weighted by atomic mass is 9.83. The Balaban J connectivity index is 2.20. The lowest BCUT2D eigenvalue weighted by molar-refractivity contribution is -0.155. The van der Waals surface area contributed by atoms with Crippen LogP contribution in [0.1, 0.15) is 40.5 Å². The zero-order valence-electron chi connectivity index (χ0n) is 13.3. The summed E-state index contributed by atoms with van der Waals surface area (Å²) in [7, 11) is 2.10. The average Bonchev–Trinajstić information content (AvgIpc) is 2.35. The van der Waals surface area contributed by atoms with E-state index in [1.165, 1.54) is 0 Å². The van der Waals surface area contributed by atoms with Crippen LogP contribution in [-0.2, 0) is 9.59 Å². The molecule has 0 aromatic heterocycles. The van der Waals surface area contributed by atoms with Crippen LogP contribution < -0.4 is 5.32 Å². The van der Waals surface area contributed by atoms with E-state index < -0.39 is 6.04 Å². The highest BCUT2D eigenvalue weighted by Crippen LogP contribution is 2.28. The minimum absolute atomic E-state index is 0.0246. The summed E-state index contributed by atoms with van der Waals surface area (Å²) < 4.78 is 0. The number of rotatable bonds is 1. The van der Waals surface area contributed by atoms with E-state index in [1.54, 1.807) is 0 Å². The first-order valence-electron chi connectivity index (χ1n) is 7.53. The lowest BCUT2D eigenvalue weighted by Gasteiger charge is -2.47. The fraction of sp³-hybridized carbons (Fsp3) is 0.867. The summed E-state index contributed by atoms with van der Waals surface area (Å²) in [5.41, 5.74) is -0.253. The molecule has 0 saturated carbocycles. The highest BCUT2D eigenvalue weighted by atomic mass is 16.2. The Morgan fingerprint density at radius 2 is 1.70 bits per heavy atom. The molecule has 1 N–H and O–H groups in total. The molecule has 2 saturated heterocycles. The van der Waals surface area contributed by atoms with E-state index in [0.29, 0.717) is 0 Å². The third-order valence-corrected chi connectivity index (χ3v) is 4.53. The van der Waals surface area contributed by atoms with Gasteiger partial charge in [0.15, 0.2) is 0 Å². The molecule has 2 amide bonds. The van der Waals surface area contributed by atoms with Gasteiger partial charge in [-0.2, -0.15) is 0 Å². The zero-order chi connectivity index (χ0) is 15.1. The van der Waals surface area contributed by atoms with Gasteiger partial charge in [0.2, 0.25) is 11.8 Å². The molecule has 2 rings (SSSR count). The van der Waals surface area contributed by atoms with Gasteiger partial charge in [-0.15, -0.1) is 0 Å². The summed E-state index contributed by atoms with van der Waals surface area (Å²) in [5.74, 6) is 0.0580. The van der Waals surface area contributed by atoms with E-state index in [1.807, 2.05) is 32.6 Å². The Morgan fingerprint density at radius 3 is 2.20 bits per heavy atom. The van der Waals surface area contributed by atoms with Gasteiger partial charge in [-0.3, -0.25) is 9.59 Å². The van der Waals surface area contributed by atoms with Crippen LogP contribution in [-0.4, -0.2) is 59.9 Å². The van der Waals surface area contributed by atoms with Crippen molar-refractivity contribution < 1.29 is 9.59 Å². The molecule has 2 unspecified atom stereocenters. The van der Waals surface area contributed by atoms with Crippen LogP contribution in [0.5, 0.6) is 0 Å². The number of nitrogens with one attached hydrogen (secondary N) is 1. The fourth-order valence-electron chi connectivity index (χ4n) is 3.15. The summed E-state index contributed by atoms with van der Waals surface area (Å²) in [5, 5.41) is 2.89. The van der Waals surface area contributed by atoms with Gasteiger partial charge in [0.05, 0.1) is 0 Å². The quantitative estimate of drug-likeness (QED) is 0.775. The molecule has 20 heavy (non-hydrogen) atoms. The largest absolute Gasteiger partial charge is 0.342 e. The maximum absolute atomic E-state index is 12.8. The van der Waals surface area contributed by atoms with Gasteiger partial charge in [0, 0.05) is 6.04 Å². The zero-order valence-corrected chi connectivity index (χ0v) is 13.3. The first kappa shape index (κ1) is 15.3. The van der Waals surface area contributed by atoms with E-state index in [0.717, 1.165) is 25.9 Å². The van der Waals surface area contributed by atoms with Crippen LogP contribution in [0.15, 0.2) is 0 Å². The molecule has 2 fully saturated rings. The SMILES string of the molecule is CC1C(=O)NC(C(C)(C)C)C(=O)N1C1CCN(C)CC1. The first-order chi connectivity index (χ1) is 9.21. The second kappa shape index (κ2) is 5.35. The molecule has 2 heterocycles. The second-order valence-electron chi connectivity index (χ2n) is 7.26. The van der Waals surface area contributed by atoms with Crippen molar-refractivity contribution in [3.8, 4) is 0 Å². The number of likely N-dealkylation sites (tertiary alicyclic amines) is 1. The van der Waals surface area contributed by atoms with Gasteiger partial charge in [0.25, 0.3) is 0 Å². The number of carbonyl (C=O) groups excluding carboxylic acids is 2. The molecular formula is C15H27N3O2. The van der Waals surface area contributed by atoms with E-state index in [-0.39, 0.29) is 29.3 Å².